The van der Waals surface area contributed by atoms with Gasteiger partial charge in [0, 0.05) is 18.6 Å². The van der Waals surface area contributed by atoms with Gasteiger partial charge in [-0.3, -0.25) is 0 Å². The van der Waals surface area contributed by atoms with Gasteiger partial charge in [0.2, 0.25) is 0 Å². The second-order valence-corrected chi connectivity index (χ2v) is 5.60. The Morgan fingerprint density at radius 3 is 2.17 bits per heavy atom. The molecule has 0 bridgehead atoms. The average Bonchev–Trinajstić information content (AvgIpc) is 2.60. The topological polar surface area (TPSA) is 27.7 Å². The second kappa shape index (κ2) is 7.15. The number of halogens is 2. The van der Waals surface area contributed by atoms with Crippen LogP contribution in [0.1, 0.15) is 29.8 Å². The Balaban J connectivity index is 1.78. The fraction of sp³-hybridized carbons (Fsp3) is 0.222. The smallest absolute Gasteiger partial charge is 0.505 e. The first-order valence-electron chi connectivity index (χ1n) is 7.81. The van der Waals surface area contributed by atoms with Crippen LogP contribution in [0.15, 0.2) is 67.3 Å². The predicted octanol–water partition coefficient (Wildman–Crippen LogP) is 4.85. The van der Waals surface area contributed by atoms with Crippen molar-refractivity contribution in [2.75, 3.05) is 6.61 Å². The Kier molecular flexibility index (Phi) is 4.97. The third-order valence-corrected chi connectivity index (χ3v) is 3.86. The molecule has 2 atom stereocenters. The van der Waals surface area contributed by atoms with E-state index in [1.807, 2.05) is 6.07 Å². The van der Waals surface area contributed by atoms with Crippen LogP contribution in [0.25, 0.3) is 0 Å². The maximum Gasteiger partial charge on any atom is 0.602 e. The molecule has 6 heteroatoms. The lowest BCUT2D eigenvalue weighted by Crippen LogP contribution is -2.40. The summed E-state index contributed by atoms with van der Waals surface area (Å²) in [6, 6.07) is 16.0. The Bertz CT molecular complexity index is 676. The molecule has 0 saturated carbocycles. The van der Waals surface area contributed by atoms with Gasteiger partial charge in [0.1, 0.15) is 12.4 Å². The van der Waals surface area contributed by atoms with E-state index in [1.165, 1.54) is 0 Å². The van der Waals surface area contributed by atoms with Crippen LogP contribution in [0, 0.1) is 0 Å². The molecule has 24 heavy (non-hydrogen) atoms. The average molecular weight is 331 g/mol. The number of benzene rings is 2. The van der Waals surface area contributed by atoms with Crippen LogP contribution in [-0.2, 0) is 9.31 Å². The first kappa shape index (κ1) is 16.7. The van der Waals surface area contributed by atoms with E-state index in [0.29, 0.717) is 24.3 Å². The van der Waals surface area contributed by atoms with Crippen molar-refractivity contribution in [3.05, 3.63) is 78.4 Å². The number of hydrogen-bond acceptors (Lipinski definition) is 3. The highest BCUT2D eigenvalue weighted by atomic mass is 19.3. The molecule has 3 nitrogen and oxygen atoms in total. The van der Waals surface area contributed by atoms with Crippen molar-refractivity contribution < 1.29 is 22.7 Å². The van der Waals surface area contributed by atoms with Crippen molar-refractivity contribution in [3.63, 3.8) is 0 Å². The van der Waals surface area contributed by atoms with E-state index in [1.54, 1.807) is 54.6 Å². The Labute approximate surface area is 139 Å². The molecule has 2 unspecified atom stereocenters. The number of hydrogen-bond donors (Lipinski definition) is 0. The third kappa shape index (κ3) is 4.02. The fourth-order valence-corrected chi connectivity index (χ4v) is 2.75. The molecule has 0 aromatic heterocycles. The van der Waals surface area contributed by atoms with Crippen LogP contribution in [0.4, 0.5) is 8.63 Å². The molecule has 126 valence electrons. The molecule has 0 N–H and O–H groups in total. The van der Waals surface area contributed by atoms with Crippen LogP contribution in [0.5, 0.6) is 5.75 Å². The van der Waals surface area contributed by atoms with Gasteiger partial charge in [-0.25, -0.2) is 0 Å². The highest BCUT2D eigenvalue weighted by molar-refractivity contribution is 6.52. The molecule has 1 aliphatic rings. The third-order valence-electron chi connectivity index (χ3n) is 3.86. The molecule has 1 fully saturated rings. The molecule has 0 amide bonds. The van der Waals surface area contributed by atoms with Gasteiger partial charge in [0.25, 0.3) is 0 Å². The van der Waals surface area contributed by atoms with Crippen LogP contribution >= 0.6 is 0 Å². The van der Waals surface area contributed by atoms with Gasteiger partial charge in [-0.1, -0.05) is 55.1 Å². The Morgan fingerprint density at radius 1 is 1.00 bits per heavy atom. The molecule has 0 aliphatic carbocycles. The largest absolute Gasteiger partial charge is 0.602 e. The maximum atomic E-state index is 13.9. The summed E-state index contributed by atoms with van der Waals surface area (Å²) in [7, 11) is -4.32. The minimum absolute atomic E-state index is 0.328. The summed E-state index contributed by atoms with van der Waals surface area (Å²) in [5.74, 6) is 0.655. The summed E-state index contributed by atoms with van der Waals surface area (Å²) >= 11 is 0. The zero-order valence-corrected chi connectivity index (χ0v) is 13.1. The van der Waals surface area contributed by atoms with Crippen LogP contribution in [0.3, 0.4) is 0 Å². The fourth-order valence-electron chi connectivity index (χ4n) is 2.75. The summed E-state index contributed by atoms with van der Waals surface area (Å²) in [6.07, 6.45) is 0.543. The number of rotatable bonds is 5. The van der Waals surface area contributed by atoms with E-state index in [9.17, 15) is 8.63 Å². The second-order valence-electron chi connectivity index (χ2n) is 5.60. The maximum absolute atomic E-state index is 13.9. The lowest BCUT2D eigenvalue weighted by molar-refractivity contribution is -0.0530. The molecular weight excluding hydrogens is 313 g/mol. The van der Waals surface area contributed by atoms with Crippen LogP contribution in [-0.4, -0.2) is 13.7 Å². The summed E-state index contributed by atoms with van der Waals surface area (Å²) in [5.41, 5.74) is 1.39. The SMILES string of the molecule is C=CCOc1ccc(C2CC(c3ccccc3)O[B-](F)(F)O2)cc1. The van der Waals surface area contributed by atoms with Gasteiger partial charge in [0.15, 0.2) is 0 Å². The summed E-state index contributed by atoms with van der Waals surface area (Å²) < 4.78 is 43.0. The normalized spacial score (nSPS) is 22.8. The van der Waals surface area contributed by atoms with Gasteiger partial charge in [0.05, 0.1) is 0 Å². The van der Waals surface area contributed by atoms with Gasteiger partial charge in [-0.05, 0) is 23.3 Å². The van der Waals surface area contributed by atoms with E-state index < -0.39 is 19.3 Å². The molecule has 2 aromatic carbocycles. The van der Waals surface area contributed by atoms with E-state index in [4.69, 9.17) is 14.0 Å². The van der Waals surface area contributed by atoms with E-state index in [0.717, 1.165) is 5.56 Å². The minimum Gasteiger partial charge on any atom is -0.505 e. The van der Waals surface area contributed by atoms with Gasteiger partial charge in [-0.15, -0.1) is 0 Å². The molecule has 3 rings (SSSR count). The first-order valence-corrected chi connectivity index (χ1v) is 7.81. The predicted molar refractivity (Wildman–Crippen MR) is 88.8 cm³/mol. The molecule has 2 aromatic rings. The highest BCUT2D eigenvalue weighted by Crippen LogP contribution is 2.42. The van der Waals surface area contributed by atoms with Crippen molar-refractivity contribution in [1.82, 2.24) is 0 Å². The lowest BCUT2D eigenvalue weighted by atomic mass is 9.93. The van der Waals surface area contributed by atoms with Crippen molar-refractivity contribution in [1.29, 1.82) is 0 Å². The zero-order valence-electron chi connectivity index (χ0n) is 13.1. The monoisotopic (exact) mass is 331 g/mol. The molecule has 1 aliphatic heterocycles. The van der Waals surface area contributed by atoms with Crippen molar-refractivity contribution >= 4 is 7.11 Å². The van der Waals surface area contributed by atoms with Gasteiger partial charge >= 0.3 is 7.11 Å². The molecular formula is C18H18BF2O3-. The van der Waals surface area contributed by atoms with E-state index in [-0.39, 0.29) is 0 Å². The van der Waals surface area contributed by atoms with E-state index >= 15 is 0 Å². The molecule has 0 radical (unpaired) electrons. The van der Waals surface area contributed by atoms with Crippen LogP contribution in [0.2, 0.25) is 0 Å². The van der Waals surface area contributed by atoms with Gasteiger partial charge in [-0.2, -0.15) is 0 Å². The minimum atomic E-state index is -4.32. The molecule has 1 saturated heterocycles. The summed E-state index contributed by atoms with van der Waals surface area (Å²) in [6.45, 7) is 3.97. The summed E-state index contributed by atoms with van der Waals surface area (Å²) in [5, 5.41) is 0. The van der Waals surface area contributed by atoms with E-state index in [2.05, 4.69) is 6.58 Å². The Hall–Kier alpha value is -2.18. The molecule has 1 heterocycles. The first-order chi connectivity index (χ1) is 11.6. The van der Waals surface area contributed by atoms with Gasteiger partial charge < -0.3 is 22.7 Å². The van der Waals surface area contributed by atoms with Crippen molar-refractivity contribution in [3.8, 4) is 5.75 Å². The van der Waals surface area contributed by atoms with Crippen molar-refractivity contribution in [2.45, 2.75) is 18.6 Å². The standard InChI is InChI=1S/C18H18BF2O3/c1-2-12-22-16-10-8-15(9-11-16)18-13-17(23-19(20,21)24-18)14-6-4-3-5-7-14/h2-11,17-18H,1,12-13H2/q-1. The quantitative estimate of drug-likeness (QED) is 0.579. The van der Waals surface area contributed by atoms with Crippen molar-refractivity contribution in [2.24, 2.45) is 0 Å². The Morgan fingerprint density at radius 2 is 1.58 bits per heavy atom. The number of ether oxygens (including phenoxy) is 1. The van der Waals surface area contributed by atoms with Crippen LogP contribution < -0.4 is 4.74 Å². The summed E-state index contributed by atoms with van der Waals surface area (Å²) in [4.78, 5) is 0. The highest BCUT2D eigenvalue weighted by Gasteiger charge is 2.40. The zero-order chi connectivity index (χ0) is 17.0. The molecule has 0 spiro atoms. The lowest BCUT2D eigenvalue weighted by Gasteiger charge is -2.42.